The van der Waals surface area contributed by atoms with Gasteiger partial charge in [-0.25, -0.2) is 13.4 Å². The Morgan fingerprint density at radius 2 is 2.00 bits per heavy atom. The van der Waals surface area contributed by atoms with E-state index in [9.17, 15) is 8.42 Å². The number of nitrogens with two attached hydrogens (primary N) is 1. The standard InChI is InChI=1S/C14H21N3O2S/c1-5-14(2,3)9-17-10-7-6-8-11(20(4,18)19)12(10)16-13(17)15/h6-8H,5,9H2,1-4H3,(H2,15,16). The van der Waals surface area contributed by atoms with Crippen LogP contribution in [0, 0.1) is 5.41 Å². The van der Waals surface area contributed by atoms with Gasteiger partial charge in [0.25, 0.3) is 0 Å². The molecule has 20 heavy (non-hydrogen) atoms. The average molecular weight is 295 g/mol. The third-order valence-corrected chi connectivity index (χ3v) is 4.84. The lowest BCUT2D eigenvalue weighted by Gasteiger charge is -2.24. The average Bonchev–Trinajstić information content (AvgIpc) is 2.64. The van der Waals surface area contributed by atoms with E-state index in [1.165, 1.54) is 6.26 Å². The van der Waals surface area contributed by atoms with E-state index < -0.39 is 9.84 Å². The lowest BCUT2D eigenvalue weighted by molar-refractivity contribution is 0.300. The number of hydrogen-bond donors (Lipinski definition) is 1. The number of imidazole rings is 1. The number of fused-ring (bicyclic) bond motifs is 1. The fourth-order valence-corrected chi connectivity index (χ4v) is 2.97. The Bertz CT molecular complexity index is 745. The van der Waals surface area contributed by atoms with Crippen molar-refractivity contribution in [3.05, 3.63) is 18.2 Å². The molecule has 0 radical (unpaired) electrons. The van der Waals surface area contributed by atoms with E-state index in [4.69, 9.17) is 5.73 Å². The van der Waals surface area contributed by atoms with Crippen molar-refractivity contribution in [2.24, 2.45) is 5.41 Å². The van der Waals surface area contributed by atoms with Crippen LogP contribution in [0.15, 0.2) is 23.1 Å². The zero-order valence-corrected chi connectivity index (χ0v) is 13.2. The number of nitrogen functional groups attached to an aromatic ring is 1. The topological polar surface area (TPSA) is 78.0 Å². The summed E-state index contributed by atoms with van der Waals surface area (Å²) in [5, 5.41) is 0. The molecule has 2 N–H and O–H groups in total. The summed E-state index contributed by atoms with van der Waals surface area (Å²) >= 11 is 0. The SMILES string of the molecule is CCC(C)(C)Cn1c(N)nc2c(S(C)(=O)=O)cccc21. The van der Waals surface area contributed by atoms with Gasteiger partial charge in [0.1, 0.15) is 5.52 Å². The zero-order chi connectivity index (χ0) is 15.1. The summed E-state index contributed by atoms with van der Waals surface area (Å²) in [5.41, 5.74) is 7.28. The van der Waals surface area contributed by atoms with E-state index in [-0.39, 0.29) is 10.3 Å². The molecule has 0 spiro atoms. The van der Waals surface area contributed by atoms with Crippen LogP contribution in [0.3, 0.4) is 0 Å². The summed E-state index contributed by atoms with van der Waals surface area (Å²) in [6.07, 6.45) is 2.19. The minimum Gasteiger partial charge on any atom is -0.369 e. The molecule has 0 aliphatic rings. The molecule has 0 amide bonds. The fraction of sp³-hybridized carbons (Fsp3) is 0.500. The second-order valence-electron chi connectivity index (χ2n) is 5.97. The number of anilines is 1. The monoisotopic (exact) mass is 295 g/mol. The van der Waals surface area contributed by atoms with Gasteiger partial charge in [0.2, 0.25) is 5.95 Å². The lowest BCUT2D eigenvalue weighted by Crippen LogP contribution is -2.19. The molecular formula is C14H21N3O2S. The molecule has 1 aromatic heterocycles. The molecule has 0 unspecified atom stereocenters. The Morgan fingerprint density at radius 3 is 2.55 bits per heavy atom. The molecule has 0 aliphatic carbocycles. The van der Waals surface area contributed by atoms with Gasteiger partial charge in [-0.3, -0.25) is 0 Å². The van der Waals surface area contributed by atoms with Gasteiger partial charge in [-0.1, -0.05) is 26.8 Å². The van der Waals surface area contributed by atoms with E-state index in [0.29, 0.717) is 18.0 Å². The van der Waals surface area contributed by atoms with Crippen LogP contribution in [-0.4, -0.2) is 24.2 Å². The molecule has 6 heteroatoms. The molecule has 1 heterocycles. The number of aromatic nitrogens is 2. The number of nitrogens with zero attached hydrogens (tertiary/aromatic N) is 2. The predicted molar refractivity (Wildman–Crippen MR) is 81.3 cm³/mol. The van der Waals surface area contributed by atoms with Gasteiger partial charge in [0.15, 0.2) is 9.84 Å². The van der Waals surface area contributed by atoms with Gasteiger partial charge in [-0.05, 0) is 24.0 Å². The Labute approximate surface area is 119 Å². The van der Waals surface area contributed by atoms with Crippen molar-refractivity contribution < 1.29 is 8.42 Å². The summed E-state index contributed by atoms with van der Waals surface area (Å²) in [6.45, 7) is 7.13. The van der Waals surface area contributed by atoms with Crippen LogP contribution in [0.1, 0.15) is 27.2 Å². The van der Waals surface area contributed by atoms with Crippen LogP contribution in [-0.2, 0) is 16.4 Å². The Morgan fingerprint density at radius 1 is 1.35 bits per heavy atom. The number of sulfone groups is 1. The molecule has 0 saturated carbocycles. The first kappa shape index (κ1) is 14.8. The van der Waals surface area contributed by atoms with Crippen LogP contribution in [0.4, 0.5) is 5.95 Å². The summed E-state index contributed by atoms with van der Waals surface area (Å²) in [6, 6.07) is 5.16. The van der Waals surface area contributed by atoms with E-state index in [1.54, 1.807) is 12.1 Å². The fourth-order valence-electron chi connectivity index (χ4n) is 2.14. The van der Waals surface area contributed by atoms with Crippen molar-refractivity contribution in [1.29, 1.82) is 0 Å². The van der Waals surface area contributed by atoms with Crippen molar-refractivity contribution in [3.63, 3.8) is 0 Å². The molecule has 1 aromatic carbocycles. The van der Waals surface area contributed by atoms with Crippen molar-refractivity contribution in [2.45, 2.75) is 38.6 Å². The quantitative estimate of drug-likeness (QED) is 0.939. The van der Waals surface area contributed by atoms with Crippen molar-refractivity contribution in [1.82, 2.24) is 9.55 Å². The largest absolute Gasteiger partial charge is 0.369 e. The van der Waals surface area contributed by atoms with Crippen LogP contribution in [0.2, 0.25) is 0 Å². The van der Waals surface area contributed by atoms with E-state index in [1.807, 2.05) is 10.6 Å². The summed E-state index contributed by atoms with van der Waals surface area (Å²) in [5.74, 6) is 0.359. The minimum atomic E-state index is -3.31. The first-order valence-corrected chi connectivity index (χ1v) is 8.49. The number of hydrogen-bond acceptors (Lipinski definition) is 4. The molecule has 2 aromatic rings. The van der Waals surface area contributed by atoms with E-state index >= 15 is 0 Å². The predicted octanol–water partition coefficient (Wildman–Crippen LogP) is 2.46. The second-order valence-corrected chi connectivity index (χ2v) is 7.95. The molecule has 2 rings (SSSR count). The first-order valence-electron chi connectivity index (χ1n) is 6.60. The van der Waals surface area contributed by atoms with Gasteiger partial charge < -0.3 is 10.3 Å². The summed E-state index contributed by atoms with van der Waals surface area (Å²) in [4.78, 5) is 4.49. The smallest absolute Gasteiger partial charge is 0.201 e. The molecule has 0 fully saturated rings. The van der Waals surface area contributed by atoms with E-state index in [2.05, 4.69) is 25.8 Å². The van der Waals surface area contributed by atoms with Crippen LogP contribution >= 0.6 is 0 Å². The molecule has 110 valence electrons. The maximum atomic E-state index is 11.8. The highest BCUT2D eigenvalue weighted by Crippen LogP contribution is 2.29. The lowest BCUT2D eigenvalue weighted by atomic mass is 9.90. The zero-order valence-electron chi connectivity index (χ0n) is 12.3. The van der Waals surface area contributed by atoms with Crippen LogP contribution in [0.25, 0.3) is 11.0 Å². The first-order chi connectivity index (χ1) is 9.15. The van der Waals surface area contributed by atoms with Gasteiger partial charge in [-0.2, -0.15) is 0 Å². The van der Waals surface area contributed by atoms with Crippen LogP contribution in [0.5, 0.6) is 0 Å². The maximum Gasteiger partial charge on any atom is 0.201 e. The number of benzene rings is 1. The van der Waals surface area contributed by atoms with E-state index in [0.717, 1.165) is 11.9 Å². The number of rotatable bonds is 4. The van der Waals surface area contributed by atoms with Gasteiger partial charge in [-0.15, -0.1) is 0 Å². The Hall–Kier alpha value is -1.56. The third-order valence-electron chi connectivity index (χ3n) is 3.71. The third kappa shape index (κ3) is 2.65. The highest BCUT2D eigenvalue weighted by molar-refractivity contribution is 7.91. The summed E-state index contributed by atoms with van der Waals surface area (Å²) < 4.78 is 25.5. The number of para-hydroxylation sites is 1. The van der Waals surface area contributed by atoms with Gasteiger partial charge in [0, 0.05) is 12.8 Å². The Kier molecular flexibility index (Phi) is 3.54. The molecular weight excluding hydrogens is 274 g/mol. The second kappa shape index (κ2) is 4.77. The van der Waals surface area contributed by atoms with Crippen molar-refractivity contribution in [2.75, 3.05) is 12.0 Å². The van der Waals surface area contributed by atoms with Crippen LogP contribution < -0.4 is 5.73 Å². The highest BCUT2D eigenvalue weighted by Gasteiger charge is 2.22. The molecule has 0 atom stereocenters. The summed E-state index contributed by atoms with van der Waals surface area (Å²) in [7, 11) is -3.31. The maximum absolute atomic E-state index is 11.8. The van der Waals surface area contributed by atoms with Gasteiger partial charge >= 0.3 is 0 Å². The molecule has 0 bridgehead atoms. The molecule has 0 saturated heterocycles. The molecule has 5 nitrogen and oxygen atoms in total. The normalized spacial score (nSPS) is 13.0. The van der Waals surface area contributed by atoms with Crippen molar-refractivity contribution >= 4 is 26.8 Å². The van der Waals surface area contributed by atoms with Crippen molar-refractivity contribution in [3.8, 4) is 0 Å². The highest BCUT2D eigenvalue weighted by atomic mass is 32.2. The minimum absolute atomic E-state index is 0.0723. The molecule has 0 aliphatic heterocycles. The van der Waals surface area contributed by atoms with Gasteiger partial charge in [0.05, 0.1) is 10.4 Å². The Balaban J connectivity index is 2.68.